The van der Waals surface area contributed by atoms with Crippen LogP contribution in [0.2, 0.25) is 0 Å². The standard InChI is InChI=1S/C5H5N5O/c6-5-8-4(11)3-1-7-2-10(3)9-5/h1-2H,(H3,6,8,9,11). The summed E-state index contributed by atoms with van der Waals surface area (Å²) in [6.07, 6.45) is 2.84. The van der Waals surface area contributed by atoms with E-state index < -0.39 is 0 Å². The predicted molar refractivity (Wildman–Crippen MR) is 38.0 cm³/mol. The number of imidazole rings is 1. The number of nitrogens with zero attached hydrogens (tertiary/aromatic N) is 3. The number of aromatic amines is 1. The van der Waals surface area contributed by atoms with Gasteiger partial charge < -0.3 is 5.73 Å². The molecule has 0 aromatic carbocycles. The summed E-state index contributed by atoms with van der Waals surface area (Å²) >= 11 is 0. The van der Waals surface area contributed by atoms with Gasteiger partial charge in [0.1, 0.15) is 11.8 Å². The summed E-state index contributed by atoms with van der Waals surface area (Å²) in [5, 5.41) is 3.77. The van der Waals surface area contributed by atoms with Gasteiger partial charge in [-0.1, -0.05) is 0 Å². The summed E-state index contributed by atoms with van der Waals surface area (Å²) in [6, 6.07) is 0. The Bertz CT molecular complexity index is 441. The van der Waals surface area contributed by atoms with Gasteiger partial charge in [0.2, 0.25) is 5.95 Å². The molecule has 0 unspecified atom stereocenters. The van der Waals surface area contributed by atoms with Crippen LogP contribution in [0, 0.1) is 0 Å². The number of nitrogens with one attached hydrogen (secondary N) is 1. The minimum Gasteiger partial charge on any atom is -0.368 e. The molecule has 0 saturated carbocycles. The van der Waals surface area contributed by atoms with Crippen molar-refractivity contribution in [2.75, 3.05) is 5.73 Å². The number of hydrogen-bond donors (Lipinski definition) is 2. The molecule has 2 aromatic heterocycles. The molecule has 0 saturated heterocycles. The third-order valence-corrected chi connectivity index (χ3v) is 1.31. The topological polar surface area (TPSA) is 89.1 Å². The molecule has 0 amide bonds. The molecular formula is C5H5N5O. The monoisotopic (exact) mass is 151 g/mol. The van der Waals surface area contributed by atoms with E-state index in [0.717, 1.165) is 0 Å². The SMILES string of the molecule is Nc1nn2cncc2c(=O)[nH]1. The molecule has 2 aromatic rings. The largest absolute Gasteiger partial charge is 0.368 e. The minimum atomic E-state index is -0.282. The Morgan fingerprint density at radius 2 is 2.45 bits per heavy atom. The quantitative estimate of drug-likeness (QED) is 0.505. The van der Waals surface area contributed by atoms with Crippen LogP contribution in [-0.4, -0.2) is 19.6 Å². The molecule has 3 N–H and O–H groups in total. The lowest BCUT2D eigenvalue weighted by Crippen LogP contribution is -2.14. The van der Waals surface area contributed by atoms with Crippen molar-refractivity contribution in [3.63, 3.8) is 0 Å². The van der Waals surface area contributed by atoms with E-state index >= 15 is 0 Å². The van der Waals surface area contributed by atoms with Crippen molar-refractivity contribution in [3.8, 4) is 0 Å². The van der Waals surface area contributed by atoms with Gasteiger partial charge in [-0.25, -0.2) is 9.50 Å². The summed E-state index contributed by atoms with van der Waals surface area (Å²) in [6.45, 7) is 0. The number of H-pyrrole nitrogens is 1. The maximum Gasteiger partial charge on any atom is 0.278 e. The fraction of sp³-hybridized carbons (Fsp3) is 0. The van der Waals surface area contributed by atoms with Crippen LogP contribution in [-0.2, 0) is 0 Å². The van der Waals surface area contributed by atoms with Crippen molar-refractivity contribution in [3.05, 3.63) is 22.9 Å². The highest BCUT2D eigenvalue weighted by atomic mass is 16.1. The van der Waals surface area contributed by atoms with E-state index in [-0.39, 0.29) is 11.5 Å². The molecule has 0 radical (unpaired) electrons. The molecule has 0 aliphatic rings. The lowest BCUT2D eigenvalue weighted by atomic mass is 10.6. The fourth-order valence-corrected chi connectivity index (χ4v) is 0.852. The van der Waals surface area contributed by atoms with Gasteiger partial charge in [-0.15, -0.1) is 5.10 Å². The van der Waals surface area contributed by atoms with Gasteiger partial charge in [0.25, 0.3) is 5.56 Å². The zero-order chi connectivity index (χ0) is 7.84. The van der Waals surface area contributed by atoms with Gasteiger partial charge in [-0.05, 0) is 0 Å². The maximum atomic E-state index is 11.0. The Hall–Kier alpha value is -1.85. The van der Waals surface area contributed by atoms with Crippen molar-refractivity contribution in [1.29, 1.82) is 0 Å². The third-order valence-electron chi connectivity index (χ3n) is 1.31. The average Bonchev–Trinajstić information content (AvgIpc) is 2.34. The molecule has 0 aliphatic carbocycles. The zero-order valence-corrected chi connectivity index (χ0v) is 5.48. The van der Waals surface area contributed by atoms with Gasteiger partial charge in [0.15, 0.2) is 0 Å². The minimum absolute atomic E-state index is 0.0838. The number of anilines is 1. The molecule has 0 fully saturated rings. The van der Waals surface area contributed by atoms with E-state index in [4.69, 9.17) is 5.73 Å². The van der Waals surface area contributed by atoms with Gasteiger partial charge >= 0.3 is 0 Å². The number of nitrogens with two attached hydrogens (primary N) is 1. The molecule has 6 nitrogen and oxygen atoms in total. The third kappa shape index (κ3) is 0.759. The second-order valence-electron chi connectivity index (χ2n) is 2.06. The number of hydrogen-bond acceptors (Lipinski definition) is 4. The van der Waals surface area contributed by atoms with Gasteiger partial charge in [-0.2, -0.15) is 0 Å². The highest BCUT2D eigenvalue weighted by Gasteiger charge is 1.99. The number of fused-ring (bicyclic) bond motifs is 1. The predicted octanol–water partition coefficient (Wildman–Crippen LogP) is -1.00. The first kappa shape index (κ1) is 5.90. The Kier molecular flexibility index (Phi) is 0.974. The Morgan fingerprint density at radius 1 is 1.64 bits per heavy atom. The summed E-state index contributed by atoms with van der Waals surface area (Å²) in [7, 11) is 0. The van der Waals surface area contributed by atoms with E-state index in [1.54, 1.807) is 0 Å². The second-order valence-corrected chi connectivity index (χ2v) is 2.06. The van der Waals surface area contributed by atoms with Crippen LogP contribution in [0.4, 0.5) is 5.95 Å². The number of nitrogen functional groups attached to an aromatic ring is 1. The van der Waals surface area contributed by atoms with Crippen LogP contribution in [0.1, 0.15) is 0 Å². The molecular weight excluding hydrogens is 146 g/mol. The molecule has 0 bridgehead atoms. The van der Waals surface area contributed by atoms with Crippen LogP contribution >= 0.6 is 0 Å². The summed E-state index contributed by atoms with van der Waals surface area (Å²) in [5.74, 6) is 0.0838. The summed E-state index contributed by atoms with van der Waals surface area (Å²) in [5.41, 5.74) is 5.37. The van der Waals surface area contributed by atoms with Crippen molar-refractivity contribution in [2.24, 2.45) is 0 Å². The van der Waals surface area contributed by atoms with Crippen molar-refractivity contribution < 1.29 is 0 Å². The number of rotatable bonds is 0. The molecule has 0 aliphatic heterocycles. The van der Waals surface area contributed by atoms with Gasteiger partial charge in [0, 0.05) is 0 Å². The fourth-order valence-electron chi connectivity index (χ4n) is 0.852. The van der Waals surface area contributed by atoms with E-state index in [2.05, 4.69) is 15.1 Å². The van der Waals surface area contributed by atoms with E-state index in [1.165, 1.54) is 17.0 Å². The molecule has 0 spiro atoms. The molecule has 0 atom stereocenters. The molecule has 11 heavy (non-hydrogen) atoms. The first-order chi connectivity index (χ1) is 5.27. The second kappa shape index (κ2) is 1.82. The lowest BCUT2D eigenvalue weighted by Gasteiger charge is -1.92. The average molecular weight is 151 g/mol. The van der Waals surface area contributed by atoms with Crippen LogP contribution < -0.4 is 11.3 Å². The summed E-state index contributed by atoms with van der Waals surface area (Å²) < 4.78 is 1.33. The zero-order valence-electron chi connectivity index (χ0n) is 5.48. The smallest absolute Gasteiger partial charge is 0.278 e. The molecule has 56 valence electrons. The number of aromatic nitrogens is 4. The van der Waals surface area contributed by atoms with Crippen molar-refractivity contribution in [1.82, 2.24) is 19.6 Å². The highest BCUT2D eigenvalue weighted by Crippen LogP contribution is 1.91. The van der Waals surface area contributed by atoms with E-state index in [1.807, 2.05) is 0 Å². The molecule has 2 rings (SSSR count). The van der Waals surface area contributed by atoms with Crippen LogP contribution in [0.5, 0.6) is 0 Å². The normalized spacial score (nSPS) is 10.5. The Labute approximate surface area is 60.7 Å². The van der Waals surface area contributed by atoms with Gasteiger partial charge in [0.05, 0.1) is 6.20 Å². The molecule has 2 heterocycles. The van der Waals surface area contributed by atoms with Crippen molar-refractivity contribution in [2.45, 2.75) is 0 Å². The maximum absolute atomic E-state index is 11.0. The Morgan fingerprint density at radius 3 is 3.27 bits per heavy atom. The van der Waals surface area contributed by atoms with Crippen LogP contribution in [0.25, 0.3) is 5.52 Å². The van der Waals surface area contributed by atoms with Crippen LogP contribution in [0.15, 0.2) is 17.3 Å². The van der Waals surface area contributed by atoms with Crippen molar-refractivity contribution >= 4 is 11.5 Å². The van der Waals surface area contributed by atoms with E-state index in [0.29, 0.717) is 5.52 Å². The summed E-state index contributed by atoms with van der Waals surface area (Å²) in [4.78, 5) is 17.1. The molecule has 6 heteroatoms. The van der Waals surface area contributed by atoms with E-state index in [9.17, 15) is 4.79 Å². The van der Waals surface area contributed by atoms with Gasteiger partial charge in [-0.3, -0.25) is 9.78 Å². The van der Waals surface area contributed by atoms with Crippen LogP contribution in [0.3, 0.4) is 0 Å². The lowest BCUT2D eigenvalue weighted by molar-refractivity contribution is 0.893. The Balaban J connectivity index is 3.02. The first-order valence-corrected chi connectivity index (χ1v) is 2.95. The first-order valence-electron chi connectivity index (χ1n) is 2.95. The highest BCUT2D eigenvalue weighted by molar-refractivity contribution is 5.41.